The molecule has 0 fully saturated rings. The minimum absolute atomic E-state index is 0.0445. The number of carbonyl (C=O) groups excluding carboxylic acids is 1. The number of fused-ring (bicyclic) bond motifs is 2. The molecule has 0 saturated heterocycles. The summed E-state index contributed by atoms with van der Waals surface area (Å²) >= 11 is 0. The maximum atomic E-state index is 12.9. The van der Waals surface area contributed by atoms with E-state index in [1.165, 1.54) is 27.6 Å². The predicted molar refractivity (Wildman–Crippen MR) is 105 cm³/mol. The summed E-state index contributed by atoms with van der Waals surface area (Å²) in [6.07, 6.45) is 5.41. The van der Waals surface area contributed by atoms with Crippen molar-refractivity contribution in [2.75, 3.05) is 26.7 Å². The Kier molecular flexibility index (Phi) is 5.49. The maximum Gasteiger partial charge on any atom is 0.230 e. The summed E-state index contributed by atoms with van der Waals surface area (Å²) in [5.41, 5.74) is 5.21. The van der Waals surface area contributed by atoms with Gasteiger partial charge in [0, 0.05) is 42.8 Å². The molecule has 26 heavy (non-hydrogen) atoms. The monoisotopic (exact) mass is 354 g/mol. The Hall–Kier alpha value is -2.11. The van der Waals surface area contributed by atoms with E-state index in [4.69, 9.17) is 5.11 Å². The summed E-state index contributed by atoms with van der Waals surface area (Å²) in [6, 6.07) is 6.82. The highest BCUT2D eigenvalue weighted by molar-refractivity contribution is 5.99. The molecule has 5 heteroatoms. The molecule has 1 aliphatic heterocycles. The molecule has 0 spiro atoms. The Morgan fingerprint density at radius 3 is 2.77 bits per heavy atom. The molecule has 1 radical (unpaired) electrons. The second kappa shape index (κ2) is 7.64. The quantitative estimate of drug-likeness (QED) is 0.891. The number of nitrogens with one attached hydrogen (secondary N) is 1. The van der Waals surface area contributed by atoms with Crippen molar-refractivity contribution in [2.24, 2.45) is 5.92 Å². The predicted octanol–water partition coefficient (Wildman–Crippen LogP) is 3.06. The van der Waals surface area contributed by atoms with Crippen LogP contribution in [0.25, 0.3) is 16.5 Å². The summed E-state index contributed by atoms with van der Waals surface area (Å²) in [5, 5.41) is 8.09. The molecular weight excluding hydrogens is 326 g/mol. The Morgan fingerprint density at radius 2 is 2.08 bits per heavy atom. The van der Waals surface area contributed by atoms with E-state index >= 15 is 0 Å². The number of aliphatic hydroxyl groups is 1. The normalized spacial score (nSPS) is 21.5. The van der Waals surface area contributed by atoms with E-state index in [0.29, 0.717) is 6.04 Å². The zero-order valence-electron chi connectivity index (χ0n) is 15.8. The standard InChI is InChI=1S/C20H25N3O.CH3O/c1-4-23(5-2)20(24)14-9-16-15-7-6-8-17-19(15)13(11-21-17)10-18(16)22(3)12-14;1-2/h6-9,11,14,18,21H,4-5,10,12H2,1-3H3;2H,1H2/t14-,18-;/m1./s1. The fraction of sp³-hybridized carbons (Fsp3) is 0.429. The van der Waals surface area contributed by atoms with Crippen LogP contribution in [0.2, 0.25) is 0 Å². The first kappa shape index (κ1) is 18.7. The summed E-state index contributed by atoms with van der Waals surface area (Å²) in [7, 11) is 4.40. The van der Waals surface area contributed by atoms with Gasteiger partial charge in [0.15, 0.2) is 0 Å². The van der Waals surface area contributed by atoms with Gasteiger partial charge in [-0.1, -0.05) is 18.2 Å². The fourth-order valence-electron chi connectivity index (χ4n) is 4.38. The highest BCUT2D eigenvalue weighted by Crippen LogP contribution is 2.40. The maximum absolute atomic E-state index is 12.9. The summed E-state index contributed by atoms with van der Waals surface area (Å²) in [6.45, 7) is 6.47. The van der Waals surface area contributed by atoms with Crippen LogP contribution in [-0.2, 0) is 11.2 Å². The number of carbonyl (C=O) groups is 1. The zero-order chi connectivity index (χ0) is 18.8. The molecule has 2 N–H and O–H groups in total. The van der Waals surface area contributed by atoms with Gasteiger partial charge < -0.3 is 15.0 Å². The van der Waals surface area contributed by atoms with E-state index in [9.17, 15) is 4.79 Å². The Labute approximate surface area is 155 Å². The lowest BCUT2D eigenvalue weighted by Crippen LogP contribution is -2.47. The lowest BCUT2D eigenvalue weighted by molar-refractivity contribution is -0.134. The second-order valence-corrected chi connectivity index (χ2v) is 6.94. The Balaban J connectivity index is 0.000000948. The molecule has 5 nitrogen and oxygen atoms in total. The van der Waals surface area contributed by atoms with Gasteiger partial charge in [0.2, 0.25) is 5.91 Å². The number of amides is 1. The summed E-state index contributed by atoms with van der Waals surface area (Å²) in [5.74, 6) is 0.210. The van der Waals surface area contributed by atoms with Crippen molar-refractivity contribution in [3.05, 3.63) is 48.7 Å². The lowest BCUT2D eigenvalue weighted by Gasteiger charge is -2.40. The molecule has 0 saturated carbocycles. The van der Waals surface area contributed by atoms with Crippen LogP contribution in [0.15, 0.2) is 30.5 Å². The van der Waals surface area contributed by atoms with Gasteiger partial charge in [-0.2, -0.15) is 0 Å². The van der Waals surface area contributed by atoms with Gasteiger partial charge in [-0.05, 0) is 50.1 Å². The average molecular weight is 354 g/mol. The van der Waals surface area contributed by atoms with Gasteiger partial charge in [0.25, 0.3) is 0 Å². The number of nitrogens with zero attached hydrogens (tertiary/aromatic N) is 2. The molecule has 2 aliphatic rings. The van der Waals surface area contributed by atoms with Gasteiger partial charge >= 0.3 is 0 Å². The van der Waals surface area contributed by atoms with Gasteiger partial charge in [-0.25, -0.2) is 0 Å². The van der Waals surface area contributed by atoms with E-state index in [1.807, 2.05) is 4.90 Å². The largest absolute Gasteiger partial charge is 0.394 e. The average Bonchev–Trinajstić information content (AvgIpc) is 3.09. The van der Waals surface area contributed by atoms with Crippen LogP contribution in [0, 0.1) is 13.0 Å². The van der Waals surface area contributed by atoms with Crippen molar-refractivity contribution < 1.29 is 9.90 Å². The van der Waals surface area contributed by atoms with Gasteiger partial charge in [-0.3, -0.25) is 9.69 Å². The number of benzene rings is 1. The zero-order valence-corrected chi connectivity index (χ0v) is 15.8. The van der Waals surface area contributed by atoms with Crippen molar-refractivity contribution in [3.8, 4) is 0 Å². The fourth-order valence-corrected chi connectivity index (χ4v) is 4.38. The molecule has 1 aromatic heterocycles. The van der Waals surface area contributed by atoms with Crippen LogP contribution in [0.4, 0.5) is 0 Å². The van der Waals surface area contributed by atoms with E-state index in [-0.39, 0.29) is 11.8 Å². The van der Waals surface area contributed by atoms with Crippen molar-refractivity contribution in [1.82, 2.24) is 14.8 Å². The number of likely N-dealkylation sites (N-methyl/N-ethyl adjacent to an activating group) is 1. The molecular formula is C21H28N3O2. The third-order valence-electron chi connectivity index (χ3n) is 5.66. The summed E-state index contributed by atoms with van der Waals surface area (Å²) in [4.78, 5) is 20.6. The number of rotatable bonds is 3. The van der Waals surface area contributed by atoms with Crippen molar-refractivity contribution >= 4 is 22.4 Å². The minimum Gasteiger partial charge on any atom is -0.394 e. The topological polar surface area (TPSA) is 59.6 Å². The van der Waals surface area contributed by atoms with Crippen LogP contribution in [0.3, 0.4) is 0 Å². The summed E-state index contributed by atoms with van der Waals surface area (Å²) < 4.78 is 0. The number of aromatic amines is 1. The third-order valence-corrected chi connectivity index (χ3v) is 5.66. The van der Waals surface area contributed by atoms with E-state index in [2.05, 4.69) is 68.4 Å². The Morgan fingerprint density at radius 1 is 1.35 bits per heavy atom. The van der Waals surface area contributed by atoms with Gasteiger partial charge in [0.05, 0.1) is 13.0 Å². The number of hydrogen-bond acceptors (Lipinski definition) is 3. The number of aliphatic hydroxyl groups excluding tert-OH is 1. The lowest BCUT2D eigenvalue weighted by atomic mass is 9.79. The molecule has 0 bridgehead atoms. The molecule has 1 aliphatic carbocycles. The van der Waals surface area contributed by atoms with Gasteiger partial charge in [0.1, 0.15) is 0 Å². The number of aromatic nitrogens is 1. The molecule has 2 heterocycles. The van der Waals surface area contributed by atoms with Crippen LogP contribution in [0.1, 0.15) is 25.0 Å². The molecule has 2 aromatic rings. The first-order valence-corrected chi connectivity index (χ1v) is 9.25. The van der Waals surface area contributed by atoms with Crippen LogP contribution < -0.4 is 0 Å². The smallest absolute Gasteiger partial charge is 0.230 e. The third kappa shape index (κ3) is 2.95. The van der Waals surface area contributed by atoms with Crippen LogP contribution in [-0.4, -0.2) is 58.5 Å². The minimum atomic E-state index is -0.0445. The van der Waals surface area contributed by atoms with Crippen LogP contribution in [0.5, 0.6) is 0 Å². The second-order valence-electron chi connectivity index (χ2n) is 6.94. The SMILES string of the molecule is CCN(CC)C(=O)[C@@H]1C=C2c3cccc4[nH]cc(c34)C[C@H]2N(C)C1.[CH2]O. The first-order chi connectivity index (χ1) is 12.6. The number of hydrogen-bond donors (Lipinski definition) is 2. The van der Waals surface area contributed by atoms with E-state index in [0.717, 1.165) is 26.1 Å². The van der Waals surface area contributed by atoms with E-state index in [1.54, 1.807) is 0 Å². The van der Waals surface area contributed by atoms with Crippen molar-refractivity contribution in [3.63, 3.8) is 0 Å². The van der Waals surface area contributed by atoms with Crippen molar-refractivity contribution in [1.29, 1.82) is 0 Å². The highest BCUT2D eigenvalue weighted by atomic mass is 16.2. The van der Waals surface area contributed by atoms with Gasteiger partial charge in [-0.15, -0.1) is 0 Å². The van der Waals surface area contributed by atoms with Crippen LogP contribution >= 0.6 is 0 Å². The molecule has 4 rings (SSSR count). The molecule has 0 unspecified atom stereocenters. The number of H-pyrrole nitrogens is 1. The molecule has 1 amide bonds. The molecule has 1 aromatic carbocycles. The van der Waals surface area contributed by atoms with Crippen molar-refractivity contribution in [2.45, 2.75) is 26.3 Å². The first-order valence-electron chi connectivity index (χ1n) is 9.25. The molecule has 139 valence electrons. The highest BCUT2D eigenvalue weighted by Gasteiger charge is 2.36. The Bertz CT molecular complexity index is 820. The van der Waals surface area contributed by atoms with E-state index < -0.39 is 0 Å². The molecule has 2 atom stereocenters.